The smallest absolute Gasteiger partial charge is 0.315 e. The van der Waals surface area contributed by atoms with E-state index in [0.29, 0.717) is 5.92 Å². The van der Waals surface area contributed by atoms with Crippen molar-refractivity contribution in [2.24, 2.45) is 5.92 Å². The molecule has 1 aromatic carbocycles. The third-order valence-corrected chi connectivity index (χ3v) is 3.75. The van der Waals surface area contributed by atoms with Crippen LogP contribution in [-0.2, 0) is 6.18 Å². The second kappa shape index (κ2) is 7.05. The third kappa shape index (κ3) is 4.66. The van der Waals surface area contributed by atoms with Gasteiger partial charge in [-0.05, 0) is 37.0 Å². The molecule has 0 aliphatic heterocycles. The standard InChI is InChI=1S/C15H16ClF3N2O/c16-11-5-6-13(12(9-11)15(17,18)19)21-14(22)20-8-7-10-3-1-2-4-10/h5-10H,1-4H2,(H2,20,21,22)/b8-7+. The molecular weight excluding hydrogens is 317 g/mol. The minimum atomic E-state index is -4.59. The average molecular weight is 333 g/mol. The highest BCUT2D eigenvalue weighted by molar-refractivity contribution is 6.30. The van der Waals surface area contributed by atoms with Gasteiger partial charge in [0.05, 0.1) is 11.3 Å². The number of alkyl halides is 3. The van der Waals surface area contributed by atoms with Gasteiger partial charge in [0, 0.05) is 11.2 Å². The van der Waals surface area contributed by atoms with Crippen LogP contribution in [0, 0.1) is 5.92 Å². The number of urea groups is 1. The van der Waals surface area contributed by atoms with Crippen molar-refractivity contribution in [2.75, 3.05) is 5.32 Å². The first kappa shape index (κ1) is 16.7. The van der Waals surface area contributed by atoms with Crippen molar-refractivity contribution >= 4 is 23.3 Å². The average Bonchev–Trinajstić information content (AvgIpc) is 2.93. The Morgan fingerprint density at radius 1 is 1.27 bits per heavy atom. The molecule has 1 aliphatic carbocycles. The number of carbonyl (C=O) groups is 1. The van der Waals surface area contributed by atoms with Gasteiger partial charge in [0.2, 0.25) is 0 Å². The molecule has 0 unspecified atom stereocenters. The molecule has 2 rings (SSSR count). The third-order valence-electron chi connectivity index (χ3n) is 3.52. The summed E-state index contributed by atoms with van der Waals surface area (Å²) in [6.07, 6.45) is 3.26. The van der Waals surface area contributed by atoms with Crippen LogP contribution < -0.4 is 10.6 Å². The molecule has 22 heavy (non-hydrogen) atoms. The molecule has 0 radical (unpaired) electrons. The Morgan fingerprint density at radius 2 is 1.95 bits per heavy atom. The second-order valence-electron chi connectivity index (χ2n) is 5.19. The number of halogens is 4. The van der Waals surface area contributed by atoms with Crippen LogP contribution in [0.5, 0.6) is 0 Å². The van der Waals surface area contributed by atoms with Crippen LogP contribution >= 0.6 is 11.6 Å². The van der Waals surface area contributed by atoms with Gasteiger partial charge in [-0.3, -0.25) is 0 Å². The topological polar surface area (TPSA) is 41.1 Å². The van der Waals surface area contributed by atoms with Crippen LogP contribution in [0.15, 0.2) is 30.5 Å². The molecule has 120 valence electrons. The number of amides is 2. The number of nitrogens with one attached hydrogen (secondary N) is 2. The van der Waals surface area contributed by atoms with Crippen molar-refractivity contribution in [3.8, 4) is 0 Å². The molecule has 0 heterocycles. The van der Waals surface area contributed by atoms with Crippen molar-refractivity contribution in [1.82, 2.24) is 5.32 Å². The molecule has 0 saturated heterocycles. The monoisotopic (exact) mass is 332 g/mol. The number of hydrogen-bond acceptors (Lipinski definition) is 1. The van der Waals surface area contributed by atoms with Crippen LogP contribution in [0.3, 0.4) is 0 Å². The molecule has 0 atom stereocenters. The lowest BCUT2D eigenvalue weighted by Gasteiger charge is -2.14. The molecule has 1 aliphatic rings. The van der Waals surface area contributed by atoms with Crippen molar-refractivity contribution in [3.63, 3.8) is 0 Å². The summed E-state index contributed by atoms with van der Waals surface area (Å²) < 4.78 is 38.7. The first-order valence-corrected chi connectivity index (χ1v) is 7.35. The van der Waals surface area contributed by atoms with E-state index >= 15 is 0 Å². The summed E-state index contributed by atoms with van der Waals surface area (Å²) in [5.74, 6) is 0.432. The molecule has 1 aromatic rings. The Hall–Kier alpha value is -1.69. The lowest BCUT2D eigenvalue weighted by Crippen LogP contribution is -2.25. The molecule has 2 N–H and O–H groups in total. The first-order valence-electron chi connectivity index (χ1n) is 6.97. The van der Waals surface area contributed by atoms with Crippen molar-refractivity contribution < 1.29 is 18.0 Å². The maximum absolute atomic E-state index is 12.9. The van der Waals surface area contributed by atoms with Gasteiger partial charge in [-0.25, -0.2) is 4.79 Å². The number of anilines is 1. The lowest BCUT2D eigenvalue weighted by molar-refractivity contribution is -0.136. The summed E-state index contributed by atoms with van der Waals surface area (Å²) in [4.78, 5) is 11.7. The van der Waals surface area contributed by atoms with Gasteiger partial charge in [0.25, 0.3) is 0 Å². The summed E-state index contributed by atoms with van der Waals surface area (Å²) >= 11 is 5.58. The minimum absolute atomic E-state index is 0.0422. The van der Waals surface area contributed by atoms with Crippen LogP contribution in [0.1, 0.15) is 31.2 Å². The molecule has 0 aromatic heterocycles. The van der Waals surface area contributed by atoms with Gasteiger partial charge in [0.1, 0.15) is 0 Å². The zero-order valence-electron chi connectivity index (χ0n) is 11.7. The van der Waals surface area contributed by atoms with Gasteiger partial charge in [-0.1, -0.05) is 30.5 Å². The Morgan fingerprint density at radius 3 is 2.59 bits per heavy atom. The summed E-state index contributed by atoms with van der Waals surface area (Å²) in [6, 6.07) is 2.49. The summed E-state index contributed by atoms with van der Waals surface area (Å²) in [6.45, 7) is 0. The number of benzene rings is 1. The minimum Gasteiger partial charge on any atom is -0.315 e. The maximum atomic E-state index is 12.9. The number of carbonyl (C=O) groups excluding carboxylic acids is 1. The molecule has 0 bridgehead atoms. The molecule has 1 saturated carbocycles. The van der Waals surface area contributed by atoms with Crippen molar-refractivity contribution in [3.05, 3.63) is 41.1 Å². The molecule has 7 heteroatoms. The van der Waals surface area contributed by atoms with E-state index in [-0.39, 0.29) is 10.7 Å². The van der Waals surface area contributed by atoms with Gasteiger partial charge < -0.3 is 10.6 Å². The van der Waals surface area contributed by atoms with Gasteiger partial charge in [-0.2, -0.15) is 13.2 Å². The molecule has 2 amide bonds. The fourth-order valence-electron chi connectivity index (χ4n) is 2.43. The Labute approximate surface area is 131 Å². The van der Waals surface area contributed by atoms with Gasteiger partial charge in [-0.15, -0.1) is 0 Å². The predicted molar refractivity (Wildman–Crippen MR) is 79.7 cm³/mol. The van der Waals surface area contributed by atoms with E-state index in [2.05, 4.69) is 10.6 Å². The summed E-state index contributed by atoms with van der Waals surface area (Å²) in [5, 5.41) is 4.57. The second-order valence-corrected chi connectivity index (χ2v) is 5.63. The van der Waals surface area contributed by atoms with Crippen LogP contribution in [0.2, 0.25) is 5.02 Å². The van der Waals surface area contributed by atoms with E-state index in [1.165, 1.54) is 25.1 Å². The predicted octanol–water partition coefficient (Wildman–Crippen LogP) is 5.18. The molecule has 1 fully saturated rings. The highest BCUT2D eigenvalue weighted by Gasteiger charge is 2.34. The fourth-order valence-corrected chi connectivity index (χ4v) is 2.60. The Bertz CT molecular complexity index is 566. The van der Waals surface area contributed by atoms with Gasteiger partial charge >= 0.3 is 12.2 Å². The molecule has 3 nitrogen and oxygen atoms in total. The zero-order chi connectivity index (χ0) is 16.2. The fraction of sp³-hybridized carbons (Fsp3) is 0.400. The quantitative estimate of drug-likeness (QED) is 0.786. The highest BCUT2D eigenvalue weighted by Crippen LogP contribution is 2.36. The van der Waals surface area contributed by atoms with E-state index in [9.17, 15) is 18.0 Å². The van der Waals surface area contributed by atoms with Gasteiger partial charge in [0.15, 0.2) is 0 Å². The number of rotatable bonds is 3. The van der Waals surface area contributed by atoms with Crippen LogP contribution in [-0.4, -0.2) is 6.03 Å². The van der Waals surface area contributed by atoms with Crippen molar-refractivity contribution in [1.29, 1.82) is 0 Å². The van der Waals surface area contributed by atoms with E-state index < -0.39 is 17.8 Å². The van der Waals surface area contributed by atoms with E-state index in [4.69, 9.17) is 11.6 Å². The molecular formula is C15H16ClF3N2O. The van der Waals surface area contributed by atoms with E-state index in [0.717, 1.165) is 25.0 Å². The van der Waals surface area contributed by atoms with Crippen molar-refractivity contribution in [2.45, 2.75) is 31.9 Å². The zero-order valence-corrected chi connectivity index (χ0v) is 12.5. The number of hydrogen-bond donors (Lipinski definition) is 2. The largest absolute Gasteiger partial charge is 0.418 e. The highest BCUT2D eigenvalue weighted by atomic mass is 35.5. The Kier molecular flexibility index (Phi) is 5.34. The lowest BCUT2D eigenvalue weighted by atomic mass is 10.1. The van der Waals surface area contributed by atoms with Crippen LogP contribution in [0.4, 0.5) is 23.7 Å². The summed E-state index contributed by atoms with van der Waals surface area (Å²) in [7, 11) is 0. The summed E-state index contributed by atoms with van der Waals surface area (Å²) in [5.41, 5.74) is -1.31. The maximum Gasteiger partial charge on any atom is 0.418 e. The Balaban J connectivity index is 1.99. The number of allylic oxidation sites excluding steroid dienone is 1. The normalized spacial score (nSPS) is 16.2. The molecule has 0 spiro atoms. The van der Waals surface area contributed by atoms with E-state index in [1.54, 1.807) is 0 Å². The first-order chi connectivity index (χ1) is 10.4. The van der Waals surface area contributed by atoms with E-state index in [1.807, 2.05) is 6.08 Å². The van der Waals surface area contributed by atoms with Crippen LogP contribution in [0.25, 0.3) is 0 Å². The SMILES string of the molecule is O=C(N/C=C/C1CCCC1)Nc1ccc(Cl)cc1C(F)(F)F.